The summed E-state index contributed by atoms with van der Waals surface area (Å²) in [5.74, 6) is 0.141. The molecule has 0 unspecified atom stereocenters. The Morgan fingerprint density at radius 1 is 0.964 bits per heavy atom. The zero-order valence-electron chi connectivity index (χ0n) is 14.7. The van der Waals surface area contributed by atoms with Gasteiger partial charge in [-0.2, -0.15) is 0 Å². The SMILES string of the molecule is O=C(Cc1ccc(Br)cc1)Nc1ccc(-c2nc3ccccc3c(=O)o2)cc1. The number of hydrogen-bond donors (Lipinski definition) is 1. The highest BCUT2D eigenvalue weighted by molar-refractivity contribution is 9.10. The largest absolute Gasteiger partial charge is 0.403 e. The monoisotopic (exact) mass is 434 g/mol. The third-order valence-electron chi connectivity index (χ3n) is 4.23. The predicted octanol–water partition coefficient (Wildman–Crippen LogP) is 4.80. The highest BCUT2D eigenvalue weighted by atomic mass is 79.9. The molecule has 28 heavy (non-hydrogen) atoms. The van der Waals surface area contributed by atoms with Crippen LogP contribution in [0.2, 0.25) is 0 Å². The lowest BCUT2D eigenvalue weighted by atomic mass is 10.1. The molecule has 1 aromatic heterocycles. The van der Waals surface area contributed by atoms with Crippen LogP contribution in [-0.4, -0.2) is 10.9 Å². The molecule has 3 aromatic carbocycles. The van der Waals surface area contributed by atoms with Crippen LogP contribution in [0.4, 0.5) is 5.69 Å². The van der Waals surface area contributed by atoms with Crippen LogP contribution in [-0.2, 0) is 11.2 Å². The van der Waals surface area contributed by atoms with Crippen LogP contribution < -0.4 is 10.9 Å². The van der Waals surface area contributed by atoms with Gasteiger partial charge in [-0.25, -0.2) is 9.78 Å². The number of benzene rings is 3. The maximum Gasteiger partial charge on any atom is 0.347 e. The Hall–Kier alpha value is -3.25. The fraction of sp³-hybridized carbons (Fsp3) is 0.0455. The van der Waals surface area contributed by atoms with E-state index in [-0.39, 0.29) is 18.2 Å². The van der Waals surface area contributed by atoms with Crippen molar-refractivity contribution in [2.45, 2.75) is 6.42 Å². The fourth-order valence-electron chi connectivity index (χ4n) is 2.83. The van der Waals surface area contributed by atoms with Gasteiger partial charge in [-0.1, -0.05) is 40.2 Å². The van der Waals surface area contributed by atoms with Crippen molar-refractivity contribution in [3.63, 3.8) is 0 Å². The van der Waals surface area contributed by atoms with E-state index in [0.717, 1.165) is 10.0 Å². The number of carbonyl (C=O) groups is 1. The average molecular weight is 435 g/mol. The van der Waals surface area contributed by atoms with Gasteiger partial charge in [0.05, 0.1) is 17.3 Å². The van der Waals surface area contributed by atoms with E-state index in [2.05, 4.69) is 26.2 Å². The van der Waals surface area contributed by atoms with Gasteiger partial charge < -0.3 is 9.73 Å². The number of carbonyl (C=O) groups excluding carboxylic acids is 1. The number of aromatic nitrogens is 1. The predicted molar refractivity (Wildman–Crippen MR) is 112 cm³/mol. The van der Waals surface area contributed by atoms with Gasteiger partial charge in [-0.3, -0.25) is 4.79 Å². The molecule has 0 spiro atoms. The van der Waals surface area contributed by atoms with Crippen molar-refractivity contribution in [2.24, 2.45) is 0 Å². The Morgan fingerprint density at radius 3 is 2.43 bits per heavy atom. The van der Waals surface area contributed by atoms with Crippen molar-refractivity contribution in [3.05, 3.63) is 93.3 Å². The van der Waals surface area contributed by atoms with Crippen molar-refractivity contribution >= 4 is 38.4 Å². The van der Waals surface area contributed by atoms with Crippen LogP contribution in [0.3, 0.4) is 0 Å². The van der Waals surface area contributed by atoms with Crippen LogP contribution in [0.5, 0.6) is 0 Å². The standard InChI is InChI=1S/C22H15BrN2O3/c23-16-9-5-14(6-10-16)13-20(26)24-17-11-7-15(8-12-17)21-25-19-4-2-1-3-18(19)22(27)28-21/h1-12H,13H2,(H,24,26). The van der Waals surface area contributed by atoms with E-state index in [0.29, 0.717) is 22.2 Å². The fourth-order valence-corrected chi connectivity index (χ4v) is 3.10. The molecule has 0 saturated heterocycles. The van der Waals surface area contributed by atoms with Gasteiger partial charge >= 0.3 is 5.63 Å². The summed E-state index contributed by atoms with van der Waals surface area (Å²) in [6.07, 6.45) is 0.288. The minimum atomic E-state index is -0.424. The Labute approximate surface area is 169 Å². The van der Waals surface area contributed by atoms with Gasteiger partial charge in [0.2, 0.25) is 11.8 Å². The molecule has 0 aliphatic rings. The quantitative estimate of drug-likeness (QED) is 0.500. The van der Waals surface area contributed by atoms with E-state index in [1.807, 2.05) is 30.3 Å². The van der Waals surface area contributed by atoms with E-state index in [1.54, 1.807) is 42.5 Å². The number of hydrogen-bond acceptors (Lipinski definition) is 4. The number of nitrogens with one attached hydrogen (secondary N) is 1. The molecule has 1 heterocycles. The van der Waals surface area contributed by atoms with Crippen LogP contribution in [0.25, 0.3) is 22.4 Å². The van der Waals surface area contributed by atoms with Gasteiger partial charge in [0, 0.05) is 15.7 Å². The number of rotatable bonds is 4. The summed E-state index contributed by atoms with van der Waals surface area (Å²) in [5, 5.41) is 3.31. The van der Waals surface area contributed by atoms with E-state index >= 15 is 0 Å². The van der Waals surface area contributed by atoms with Crippen molar-refractivity contribution in [2.75, 3.05) is 5.32 Å². The third kappa shape index (κ3) is 4.02. The first kappa shape index (κ1) is 18.1. The molecule has 0 radical (unpaired) electrons. The van der Waals surface area contributed by atoms with Crippen molar-refractivity contribution in [3.8, 4) is 11.5 Å². The summed E-state index contributed by atoms with van der Waals surface area (Å²) in [5.41, 5.74) is 2.41. The van der Waals surface area contributed by atoms with Gasteiger partial charge in [0.15, 0.2) is 0 Å². The third-order valence-corrected chi connectivity index (χ3v) is 4.76. The number of nitrogens with zero attached hydrogens (tertiary/aromatic N) is 1. The minimum Gasteiger partial charge on any atom is -0.403 e. The number of anilines is 1. The molecule has 4 aromatic rings. The smallest absolute Gasteiger partial charge is 0.347 e. The van der Waals surface area contributed by atoms with Crippen molar-refractivity contribution < 1.29 is 9.21 Å². The lowest BCUT2D eigenvalue weighted by Gasteiger charge is -2.07. The molecule has 0 aliphatic carbocycles. The zero-order chi connectivity index (χ0) is 19.5. The molecule has 0 bridgehead atoms. The zero-order valence-corrected chi connectivity index (χ0v) is 16.3. The molecule has 0 aliphatic heterocycles. The van der Waals surface area contributed by atoms with Crippen LogP contribution in [0, 0.1) is 0 Å². The molecule has 138 valence electrons. The molecule has 6 heteroatoms. The molecule has 0 saturated carbocycles. The number of fused-ring (bicyclic) bond motifs is 1. The Morgan fingerprint density at radius 2 is 1.68 bits per heavy atom. The minimum absolute atomic E-state index is 0.106. The maximum atomic E-state index is 12.2. The second-order valence-electron chi connectivity index (χ2n) is 6.25. The summed E-state index contributed by atoms with van der Waals surface area (Å²) < 4.78 is 6.30. The molecular formula is C22H15BrN2O3. The highest BCUT2D eigenvalue weighted by Gasteiger charge is 2.09. The molecule has 1 N–H and O–H groups in total. The highest BCUT2D eigenvalue weighted by Crippen LogP contribution is 2.21. The first-order valence-corrected chi connectivity index (χ1v) is 9.42. The summed E-state index contributed by atoms with van der Waals surface area (Å²) >= 11 is 3.38. The van der Waals surface area contributed by atoms with Crippen LogP contribution in [0.15, 0.2) is 86.5 Å². The first-order valence-electron chi connectivity index (χ1n) is 8.63. The molecule has 0 atom stereocenters. The van der Waals surface area contributed by atoms with E-state index < -0.39 is 5.63 Å². The van der Waals surface area contributed by atoms with Gasteiger partial charge in [0.25, 0.3) is 0 Å². The molecule has 0 fully saturated rings. The first-order chi connectivity index (χ1) is 13.6. The molecular weight excluding hydrogens is 420 g/mol. The lowest BCUT2D eigenvalue weighted by Crippen LogP contribution is -2.14. The summed E-state index contributed by atoms with van der Waals surface area (Å²) in [7, 11) is 0. The molecule has 1 amide bonds. The van der Waals surface area contributed by atoms with Gasteiger partial charge in [-0.15, -0.1) is 0 Å². The van der Waals surface area contributed by atoms with E-state index in [1.165, 1.54) is 0 Å². The molecule has 5 nitrogen and oxygen atoms in total. The van der Waals surface area contributed by atoms with Crippen LogP contribution in [0.1, 0.15) is 5.56 Å². The summed E-state index contributed by atoms with van der Waals surface area (Å²) in [4.78, 5) is 28.7. The Kier molecular flexibility index (Phi) is 5.04. The van der Waals surface area contributed by atoms with E-state index in [4.69, 9.17) is 4.42 Å². The average Bonchev–Trinajstić information content (AvgIpc) is 2.70. The summed E-state index contributed by atoms with van der Waals surface area (Å²) in [6.45, 7) is 0. The Bertz CT molecular complexity index is 1200. The summed E-state index contributed by atoms with van der Waals surface area (Å²) in [6, 6.07) is 21.7. The van der Waals surface area contributed by atoms with Gasteiger partial charge in [0.1, 0.15) is 0 Å². The second-order valence-corrected chi connectivity index (χ2v) is 7.17. The number of halogens is 1. The number of amides is 1. The van der Waals surface area contributed by atoms with Gasteiger partial charge in [-0.05, 0) is 54.1 Å². The molecule has 4 rings (SSSR count). The normalized spacial score (nSPS) is 10.8. The van der Waals surface area contributed by atoms with Crippen LogP contribution >= 0.6 is 15.9 Å². The topological polar surface area (TPSA) is 72.2 Å². The Balaban J connectivity index is 1.50. The lowest BCUT2D eigenvalue weighted by molar-refractivity contribution is -0.115. The van der Waals surface area contributed by atoms with Crippen molar-refractivity contribution in [1.29, 1.82) is 0 Å². The van der Waals surface area contributed by atoms with Crippen molar-refractivity contribution in [1.82, 2.24) is 4.98 Å². The van der Waals surface area contributed by atoms with E-state index in [9.17, 15) is 9.59 Å². The second kappa shape index (κ2) is 7.78. The maximum absolute atomic E-state index is 12.2. The number of para-hydroxylation sites is 1.